The van der Waals surface area contributed by atoms with Gasteiger partial charge in [-0.1, -0.05) is 43.6 Å². The number of halogens is 1. The number of hydrogen-bond donors (Lipinski definition) is 3. The standard InChI is InChI=1S/C24H23ClN6O2/c1-13(2)20-11-17(21-23(26)27-12-28-31(20)21)22(32)15-5-4-6-16(10-15)29-24(33)30-19-9-14(3)7-8-18(19)25/h4-13H,1-3H3,(H2,26,27,28)(H2,29,30,33). The van der Waals surface area contributed by atoms with Crippen molar-refractivity contribution in [3.63, 3.8) is 0 Å². The molecule has 8 nitrogen and oxygen atoms in total. The van der Waals surface area contributed by atoms with E-state index in [0.717, 1.165) is 11.3 Å². The second-order valence-electron chi connectivity index (χ2n) is 8.02. The molecule has 0 saturated carbocycles. The van der Waals surface area contributed by atoms with Gasteiger partial charge in [-0.15, -0.1) is 0 Å². The molecule has 0 saturated heterocycles. The molecule has 0 bridgehead atoms. The third kappa shape index (κ3) is 4.51. The average molecular weight is 463 g/mol. The number of nitrogens with zero attached hydrogens (tertiary/aromatic N) is 3. The Morgan fingerprint density at radius 2 is 1.88 bits per heavy atom. The van der Waals surface area contributed by atoms with Crippen molar-refractivity contribution in [2.45, 2.75) is 26.7 Å². The summed E-state index contributed by atoms with van der Waals surface area (Å²) in [6.45, 7) is 5.93. The van der Waals surface area contributed by atoms with Gasteiger partial charge in [0.2, 0.25) is 0 Å². The number of ketones is 1. The van der Waals surface area contributed by atoms with Crippen molar-refractivity contribution in [2.24, 2.45) is 0 Å². The SMILES string of the molecule is Cc1ccc(Cl)c(NC(=O)Nc2cccc(C(=O)c3cc(C(C)C)n4ncnc(N)c34)c2)c1. The number of urea groups is 1. The molecule has 0 fully saturated rings. The molecule has 33 heavy (non-hydrogen) atoms. The van der Waals surface area contributed by atoms with Crippen LogP contribution < -0.4 is 16.4 Å². The summed E-state index contributed by atoms with van der Waals surface area (Å²) in [4.78, 5) is 29.9. The van der Waals surface area contributed by atoms with Gasteiger partial charge in [-0.05, 0) is 48.7 Å². The number of nitrogens with one attached hydrogen (secondary N) is 2. The van der Waals surface area contributed by atoms with Crippen molar-refractivity contribution in [2.75, 3.05) is 16.4 Å². The van der Waals surface area contributed by atoms with E-state index < -0.39 is 6.03 Å². The zero-order valence-electron chi connectivity index (χ0n) is 18.4. The number of benzene rings is 2. The first-order valence-electron chi connectivity index (χ1n) is 10.4. The predicted octanol–water partition coefficient (Wildman–Crippen LogP) is 5.27. The molecule has 0 radical (unpaired) electrons. The molecule has 2 heterocycles. The summed E-state index contributed by atoms with van der Waals surface area (Å²) >= 11 is 6.15. The molecule has 2 amide bonds. The van der Waals surface area contributed by atoms with Crippen molar-refractivity contribution < 1.29 is 9.59 Å². The van der Waals surface area contributed by atoms with Crippen molar-refractivity contribution >= 4 is 46.1 Å². The minimum absolute atomic E-state index is 0.124. The van der Waals surface area contributed by atoms with E-state index in [-0.39, 0.29) is 17.5 Å². The Morgan fingerprint density at radius 3 is 2.64 bits per heavy atom. The summed E-state index contributed by atoms with van der Waals surface area (Å²) in [5.41, 5.74) is 10.1. The van der Waals surface area contributed by atoms with E-state index in [1.807, 2.05) is 26.8 Å². The maximum atomic E-state index is 13.4. The number of rotatable bonds is 5. The zero-order chi connectivity index (χ0) is 23.7. The second-order valence-corrected chi connectivity index (χ2v) is 8.42. The first kappa shape index (κ1) is 22.3. The van der Waals surface area contributed by atoms with Crippen LogP contribution >= 0.6 is 11.6 Å². The Hall–Kier alpha value is -3.91. The first-order chi connectivity index (χ1) is 15.7. The largest absolute Gasteiger partial charge is 0.382 e. The smallest absolute Gasteiger partial charge is 0.323 e. The molecule has 4 N–H and O–H groups in total. The van der Waals surface area contributed by atoms with Crippen LogP contribution in [0.1, 0.15) is 46.9 Å². The average Bonchev–Trinajstić information content (AvgIpc) is 3.17. The van der Waals surface area contributed by atoms with Gasteiger partial charge in [0.15, 0.2) is 11.6 Å². The van der Waals surface area contributed by atoms with Crippen molar-refractivity contribution in [1.82, 2.24) is 14.6 Å². The van der Waals surface area contributed by atoms with Gasteiger partial charge in [0, 0.05) is 16.9 Å². The fourth-order valence-corrected chi connectivity index (χ4v) is 3.75. The molecule has 9 heteroatoms. The predicted molar refractivity (Wildman–Crippen MR) is 130 cm³/mol. The van der Waals surface area contributed by atoms with Crippen LogP contribution in [-0.2, 0) is 0 Å². The third-order valence-electron chi connectivity index (χ3n) is 5.20. The van der Waals surface area contributed by atoms with Crippen LogP contribution in [0, 0.1) is 6.92 Å². The number of anilines is 3. The molecule has 2 aromatic heterocycles. The van der Waals surface area contributed by atoms with Crippen LogP contribution in [-0.4, -0.2) is 26.4 Å². The maximum absolute atomic E-state index is 13.4. The maximum Gasteiger partial charge on any atom is 0.323 e. The number of carbonyl (C=O) groups excluding carboxylic acids is 2. The fraction of sp³-hybridized carbons (Fsp3) is 0.167. The number of amides is 2. The first-order valence-corrected chi connectivity index (χ1v) is 10.7. The number of aromatic nitrogens is 3. The van der Waals surface area contributed by atoms with Gasteiger partial charge in [-0.3, -0.25) is 4.79 Å². The van der Waals surface area contributed by atoms with Crippen LogP contribution in [0.4, 0.5) is 22.0 Å². The summed E-state index contributed by atoms with van der Waals surface area (Å²) in [5, 5.41) is 10.2. The molecule has 0 unspecified atom stereocenters. The van der Waals surface area contributed by atoms with Crippen molar-refractivity contribution in [1.29, 1.82) is 0 Å². The number of aryl methyl sites for hydroxylation is 1. The number of hydrogen-bond acceptors (Lipinski definition) is 5. The summed E-state index contributed by atoms with van der Waals surface area (Å²) in [6.07, 6.45) is 1.37. The van der Waals surface area contributed by atoms with E-state index in [1.54, 1.807) is 47.0 Å². The fourth-order valence-electron chi connectivity index (χ4n) is 3.59. The summed E-state index contributed by atoms with van der Waals surface area (Å²) in [7, 11) is 0. The topological polar surface area (TPSA) is 114 Å². The Bertz CT molecular complexity index is 1380. The number of carbonyl (C=O) groups is 2. The lowest BCUT2D eigenvalue weighted by Gasteiger charge is -2.10. The summed E-state index contributed by atoms with van der Waals surface area (Å²) in [6, 6.07) is 13.4. The molecule has 168 valence electrons. The molecule has 0 aliphatic heterocycles. The number of fused-ring (bicyclic) bond motifs is 1. The highest BCUT2D eigenvalue weighted by molar-refractivity contribution is 6.33. The van der Waals surface area contributed by atoms with E-state index >= 15 is 0 Å². The summed E-state index contributed by atoms with van der Waals surface area (Å²) in [5.74, 6) is 0.106. The zero-order valence-corrected chi connectivity index (χ0v) is 19.1. The van der Waals surface area contributed by atoms with Crippen molar-refractivity contribution in [3.8, 4) is 0 Å². The molecule has 4 rings (SSSR count). The highest BCUT2D eigenvalue weighted by atomic mass is 35.5. The molecular weight excluding hydrogens is 440 g/mol. The Morgan fingerprint density at radius 1 is 1.09 bits per heavy atom. The lowest BCUT2D eigenvalue weighted by molar-refractivity contribution is 0.104. The molecule has 0 atom stereocenters. The van der Waals surface area contributed by atoms with Gasteiger partial charge >= 0.3 is 6.03 Å². The normalized spacial score (nSPS) is 11.1. The Kier molecular flexibility index (Phi) is 6.02. The van der Waals surface area contributed by atoms with Crippen LogP contribution in [0.3, 0.4) is 0 Å². The molecule has 4 aromatic rings. The molecular formula is C24H23ClN6O2. The Labute approximate surface area is 195 Å². The molecule has 0 spiro atoms. The van der Waals surface area contributed by atoms with Gasteiger partial charge in [-0.2, -0.15) is 5.10 Å². The van der Waals surface area contributed by atoms with E-state index in [1.165, 1.54) is 6.33 Å². The van der Waals surface area contributed by atoms with E-state index in [2.05, 4.69) is 20.7 Å². The molecule has 2 aromatic carbocycles. The molecule has 0 aliphatic carbocycles. The van der Waals surface area contributed by atoms with Gasteiger partial charge < -0.3 is 16.4 Å². The molecule has 0 aliphatic rings. The minimum Gasteiger partial charge on any atom is -0.382 e. The van der Waals surface area contributed by atoms with Crippen molar-refractivity contribution in [3.05, 3.63) is 82.3 Å². The summed E-state index contributed by atoms with van der Waals surface area (Å²) < 4.78 is 1.65. The van der Waals surface area contributed by atoms with Gasteiger partial charge in [0.25, 0.3) is 0 Å². The van der Waals surface area contributed by atoms with Gasteiger partial charge in [0.05, 0.1) is 16.3 Å². The number of nitrogens with two attached hydrogens (primary N) is 1. The monoisotopic (exact) mass is 462 g/mol. The Balaban J connectivity index is 1.61. The van der Waals surface area contributed by atoms with Gasteiger partial charge in [0.1, 0.15) is 11.8 Å². The number of nitrogen functional groups attached to an aromatic ring is 1. The van der Waals surface area contributed by atoms with Crippen LogP contribution in [0.25, 0.3) is 5.52 Å². The van der Waals surface area contributed by atoms with Crippen LogP contribution in [0.2, 0.25) is 5.02 Å². The quantitative estimate of drug-likeness (QED) is 0.349. The van der Waals surface area contributed by atoms with E-state index in [0.29, 0.717) is 33.0 Å². The second kappa shape index (κ2) is 8.91. The third-order valence-corrected chi connectivity index (χ3v) is 5.53. The van der Waals surface area contributed by atoms with Gasteiger partial charge in [-0.25, -0.2) is 14.3 Å². The lowest BCUT2D eigenvalue weighted by atomic mass is 10.0. The van der Waals surface area contributed by atoms with Crippen LogP contribution in [0.5, 0.6) is 0 Å². The van der Waals surface area contributed by atoms with E-state index in [4.69, 9.17) is 17.3 Å². The highest BCUT2D eigenvalue weighted by Crippen LogP contribution is 2.28. The minimum atomic E-state index is -0.471. The van der Waals surface area contributed by atoms with Crippen LogP contribution in [0.15, 0.2) is 54.9 Å². The highest BCUT2D eigenvalue weighted by Gasteiger charge is 2.22. The lowest BCUT2D eigenvalue weighted by Crippen LogP contribution is -2.20. The van der Waals surface area contributed by atoms with E-state index in [9.17, 15) is 9.59 Å².